The van der Waals surface area contributed by atoms with Gasteiger partial charge in [0.05, 0.1) is 6.61 Å². The van der Waals surface area contributed by atoms with Crippen molar-refractivity contribution in [2.24, 2.45) is 0 Å². The summed E-state index contributed by atoms with van der Waals surface area (Å²) in [4.78, 5) is 2.95. The van der Waals surface area contributed by atoms with Crippen LogP contribution in [-0.4, -0.2) is 21.3 Å². The van der Waals surface area contributed by atoms with Crippen molar-refractivity contribution in [3.05, 3.63) is 53.1 Å². The minimum Gasteiger partial charge on any atom is -0.392 e. The number of H-pyrrole nitrogens is 1. The van der Waals surface area contributed by atoms with E-state index in [1.54, 1.807) is 6.08 Å². The zero-order valence-corrected chi connectivity index (χ0v) is 9.45. The van der Waals surface area contributed by atoms with Gasteiger partial charge in [-0.1, -0.05) is 24.3 Å². The number of nitrogens with one attached hydrogen (secondary N) is 1. The number of aliphatic hydroxyl groups excluding tert-OH is 1. The monoisotopic (exact) mass is 232 g/mol. The van der Waals surface area contributed by atoms with Crippen LogP contribution in [-0.2, 0) is 0 Å². The van der Waals surface area contributed by atoms with Crippen LogP contribution in [0.5, 0.6) is 0 Å². The van der Waals surface area contributed by atoms with Crippen molar-refractivity contribution < 1.29 is 5.11 Å². The van der Waals surface area contributed by atoms with Crippen LogP contribution in [0.3, 0.4) is 0 Å². The number of hydrogen-bond acceptors (Lipinski definition) is 2. The lowest BCUT2D eigenvalue weighted by atomic mass is 10.2. The average Bonchev–Trinajstić information content (AvgIpc) is 2.74. The van der Waals surface area contributed by atoms with E-state index in [2.05, 4.69) is 4.98 Å². The molecule has 0 bridgehead atoms. The highest BCUT2D eigenvalue weighted by Gasteiger charge is 1.96. The van der Waals surface area contributed by atoms with Gasteiger partial charge in [-0.25, -0.2) is 0 Å². The molecule has 0 aliphatic carbocycles. The number of imidazole rings is 1. The number of rotatable bonds is 3. The minimum absolute atomic E-state index is 0.0601. The van der Waals surface area contributed by atoms with Gasteiger partial charge < -0.3 is 10.1 Å². The van der Waals surface area contributed by atoms with Crippen LogP contribution in [0, 0.1) is 4.77 Å². The fourth-order valence-corrected chi connectivity index (χ4v) is 1.69. The van der Waals surface area contributed by atoms with Crippen LogP contribution in [0.15, 0.2) is 42.7 Å². The molecular formula is C12H12N2OS. The van der Waals surface area contributed by atoms with Gasteiger partial charge in [0.25, 0.3) is 0 Å². The van der Waals surface area contributed by atoms with Gasteiger partial charge >= 0.3 is 0 Å². The predicted octanol–water partition coefficient (Wildman–Crippen LogP) is 2.54. The predicted molar refractivity (Wildman–Crippen MR) is 67.1 cm³/mol. The molecule has 3 nitrogen and oxygen atoms in total. The van der Waals surface area contributed by atoms with Gasteiger partial charge in [-0.2, -0.15) is 0 Å². The van der Waals surface area contributed by atoms with E-state index < -0.39 is 0 Å². The summed E-state index contributed by atoms with van der Waals surface area (Å²) >= 11 is 5.13. The SMILES string of the molecule is OCC=Cc1ccc(-n2cc[nH]c2=S)cc1. The highest BCUT2D eigenvalue weighted by Crippen LogP contribution is 2.11. The van der Waals surface area contributed by atoms with Crippen molar-refractivity contribution in [1.29, 1.82) is 0 Å². The molecule has 0 fully saturated rings. The molecular weight excluding hydrogens is 220 g/mol. The van der Waals surface area contributed by atoms with E-state index in [1.807, 2.05) is 47.3 Å². The summed E-state index contributed by atoms with van der Waals surface area (Å²) in [5.41, 5.74) is 2.08. The van der Waals surface area contributed by atoms with Crippen molar-refractivity contribution in [3.63, 3.8) is 0 Å². The Hall–Kier alpha value is -1.65. The van der Waals surface area contributed by atoms with Crippen molar-refractivity contribution in [3.8, 4) is 5.69 Å². The van der Waals surface area contributed by atoms with Crippen LogP contribution in [0.4, 0.5) is 0 Å². The highest BCUT2D eigenvalue weighted by atomic mass is 32.1. The molecule has 2 N–H and O–H groups in total. The third-order valence-electron chi connectivity index (χ3n) is 2.24. The Morgan fingerprint density at radius 1 is 1.31 bits per heavy atom. The standard InChI is InChI=1S/C12H12N2OS/c15-9-1-2-10-3-5-11(6-4-10)14-8-7-13-12(14)16/h1-8,15H,9H2,(H,13,16). The van der Waals surface area contributed by atoms with Gasteiger partial charge in [0.15, 0.2) is 4.77 Å². The summed E-state index contributed by atoms with van der Waals surface area (Å²) < 4.78 is 2.58. The van der Waals surface area contributed by atoms with Crippen molar-refractivity contribution in [2.75, 3.05) is 6.61 Å². The van der Waals surface area contributed by atoms with Crippen molar-refractivity contribution >= 4 is 18.3 Å². The quantitative estimate of drug-likeness (QED) is 0.798. The van der Waals surface area contributed by atoms with Gasteiger partial charge in [-0.05, 0) is 29.9 Å². The average molecular weight is 232 g/mol. The molecule has 16 heavy (non-hydrogen) atoms. The van der Waals surface area contributed by atoms with E-state index in [0.717, 1.165) is 11.3 Å². The second-order valence-corrected chi connectivity index (χ2v) is 3.70. The Morgan fingerprint density at radius 3 is 2.62 bits per heavy atom. The molecule has 82 valence electrons. The lowest BCUT2D eigenvalue weighted by Crippen LogP contribution is -1.91. The van der Waals surface area contributed by atoms with Gasteiger partial charge in [-0.3, -0.25) is 4.57 Å². The molecule has 0 saturated carbocycles. The van der Waals surface area contributed by atoms with Crippen LogP contribution >= 0.6 is 12.2 Å². The number of aliphatic hydroxyl groups is 1. The summed E-state index contributed by atoms with van der Waals surface area (Å²) in [6, 6.07) is 7.94. The number of hydrogen-bond donors (Lipinski definition) is 2. The molecule has 0 radical (unpaired) electrons. The second kappa shape index (κ2) is 4.92. The van der Waals surface area contributed by atoms with Crippen LogP contribution in [0.25, 0.3) is 11.8 Å². The van der Waals surface area contributed by atoms with Crippen LogP contribution in [0.1, 0.15) is 5.56 Å². The molecule has 0 unspecified atom stereocenters. The zero-order chi connectivity index (χ0) is 11.4. The van der Waals surface area contributed by atoms with E-state index in [4.69, 9.17) is 17.3 Å². The second-order valence-electron chi connectivity index (χ2n) is 3.31. The number of aromatic amines is 1. The first-order chi connectivity index (χ1) is 7.81. The van der Waals surface area contributed by atoms with Crippen molar-refractivity contribution in [2.45, 2.75) is 0 Å². The highest BCUT2D eigenvalue weighted by molar-refractivity contribution is 7.71. The topological polar surface area (TPSA) is 41.0 Å². The fraction of sp³-hybridized carbons (Fsp3) is 0.0833. The van der Waals surface area contributed by atoms with E-state index in [9.17, 15) is 0 Å². The molecule has 0 spiro atoms. The fourth-order valence-electron chi connectivity index (χ4n) is 1.46. The molecule has 2 rings (SSSR count). The Kier molecular flexibility index (Phi) is 3.34. The maximum absolute atomic E-state index is 8.66. The molecule has 0 aliphatic heterocycles. The Balaban J connectivity index is 2.30. The molecule has 0 atom stereocenters. The smallest absolute Gasteiger partial charge is 0.181 e. The molecule has 0 amide bonds. The first kappa shape index (κ1) is 10.9. The summed E-state index contributed by atoms with van der Waals surface area (Å²) in [5.74, 6) is 0. The van der Waals surface area contributed by atoms with Gasteiger partial charge in [0.1, 0.15) is 0 Å². The lowest BCUT2D eigenvalue weighted by molar-refractivity contribution is 0.343. The molecule has 1 aromatic heterocycles. The molecule has 1 aromatic carbocycles. The van der Waals surface area contributed by atoms with Crippen molar-refractivity contribution in [1.82, 2.24) is 9.55 Å². The Bertz CT molecular complexity index is 537. The maximum atomic E-state index is 8.66. The molecule has 0 aliphatic rings. The third-order valence-corrected chi connectivity index (χ3v) is 2.55. The first-order valence-corrected chi connectivity index (χ1v) is 5.36. The van der Waals surface area contributed by atoms with E-state index >= 15 is 0 Å². The molecule has 2 aromatic rings. The number of aromatic nitrogens is 2. The third kappa shape index (κ3) is 2.29. The van der Waals surface area contributed by atoms with Crippen LogP contribution < -0.4 is 0 Å². The van der Waals surface area contributed by atoms with E-state index in [-0.39, 0.29) is 6.61 Å². The molecule has 1 heterocycles. The lowest BCUT2D eigenvalue weighted by Gasteiger charge is -2.02. The summed E-state index contributed by atoms with van der Waals surface area (Å²) in [6.45, 7) is 0.0601. The zero-order valence-electron chi connectivity index (χ0n) is 8.63. The molecule has 0 saturated heterocycles. The van der Waals surface area contributed by atoms with Gasteiger partial charge in [-0.15, -0.1) is 0 Å². The summed E-state index contributed by atoms with van der Waals surface area (Å²) in [7, 11) is 0. The first-order valence-electron chi connectivity index (χ1n) is 4.95. The minimum atomic E-state index is 0.0601. The molecule has 4 heteroatoms. The van der Waals surface area contributed by atoms with Crippen LogP contribution in [0.2, 0.25) is 0 Å². The normalized spacial score (nSPS) is 11.1. The van der Waals surface area contributed by atoms with E-state index in [1.165, 1.54) is 0 Å². The maximum Gasteiger partial charge on any atom is 0.181 e. The Morgan fingerprint density at radius 2 is 2.06 bits per heavy atom. The summed E-state index contributed by atoms with van der Waals surface area (Å²) in [5, 5.41) is 8.66. The largest absolute Gasteiger partial charge is 0.392 e. The van der Waals surface area contributed by atoms with Gasteiger partial charge in [0, 0.05) is 18.1 Å². The van der Waals surface area contributed by atoms with Gasteiger partial charge in [0.2, 0.25) is 0 Å². The Labute approximate surface area is 98.7 Å². The van der Waals surface area contributed by atoms with E-state index in [0.29, 0.717) is 4.77 Å². The summed E-state index contributed by atoms with van der Waals surface area (Å²) in [6.07, 6.45) is 7.28. The number of benzene rings is 1. The number of nitrogens with zero attached hydrogens (tertiary/aromatic N) is 1.